The minimum absolute atomic E-state index is 0.0383. The maximum Gasteiger partial charge on any atom is 0.312 e. The highest BCUT2D eigenvalue weighted by atomic mass is 16.5. The molecule has 0 aliphatic rings. The first-order valence-electron chi connectivity index (χ1n) is 8.69. The van der Waals surface area contributed by atoms with Crippen molar-refractivity contribution in [2.75, 3.05) is 6.61 Å². The van der Waals surface area contributed by atoms with Crippen LogP contribution >= 0.6 is 0 Å². The number of H-pyrrole nitrogens is 1. The molecule has 0 unspecified atom stereocenters. The van der Waals surface area contributed by atoms with E-state index in [9.17, 15) is 4.79 Å². The smallest absolute Gasteiger partial charge is 0.312 e. The quantitative estimate of drug-likeness (QED) is 0.676. The number of carbonyl (C=O) groups is 1. The van der Waals surface area contributed by atoms with Crippen molar-refractivity contribution in [3.8, 4) is 34.5 Å². The predicted molar refractivity (Wildman–Crippen MR) is 104 cm³/mol. The fourth-order valence-electron chi connectivity index (χ4n) is 2.56. The summed E-state index contributed by atoms with van der Waals surface area (Å²) in [5.41, 5.74) is 3.15. The van der Waals surface area contributed by atoms with Crippen LogP contribution in [0.2, 0.25) is 0 Å². The first-order chi connectivity index (χ1) is 13.3. The zero-order chi connectivity index (χ0) is 20.3. The predicted octanol–water partition coefficient (Wildman–Crippen LogP) is 3.81. The number of aromatic nitrogens is 3. The number of benzene rings is 1. The summed E-state index contributed by atoms with van der Waals surface area (Å²) in [5.74, 6) is 0.119. The summed E-state index contributed by atoms with van der Waals surface area (Å²) >= 11 is 0. The molecule has 2 N–H and O–H groups in total. The van der Waals surface area contributed by atoms with E-state index in [-0.39, 0.29) is 6.61 Å². The van der Waals surface area contributed by atoms with Crippen LogP contribution in [0.1, 0.15) is 25.1 Å². The number of nitrogens with one attached hydrogen (secondary N) is 1. The van der Waals surface area contributed by atoms with E-state index in [4.69, 9.17) is 15.1 Å². The molecule has 2 aromatic heterocycles. The number of aryl methyl sites for hydroxylation is 1. The number of hydrogen-bond acceptors (Lipinski definition) is 5. The summed E-state index contributed by atoms with van der Waals surface area (Å²) in [4.78, 5) is 22.7. The number of ether oxygens (including phenoxy) is 1. The van der Waals surface area contributed by atoms with Gasteiger partial charge in [0, 0.05) is 29.6 Å². The van der Waals surface area contributed by atoms with E-state index in [0.29, 0.717) is 17.4 Å². The minimum Gasteiger partial charge on any atom is -0.481 e. The summed E-state index contributed by atoms with van der Waals surface area (Å²) in [7, 11) is 0. The number of nitrogens with zero attached hydrogens (tertiary/aromatic N) is 3. The molecule has 7 heteroatoms. The van der Waals surface area contributed by atoms with E-state index in [0.717, 1.165) is 22.3 Å². The van der Waals surface area contributed by atoms with Crippen LogP contribution in [0.4, 0.5) is 0 Å². The second-order valence-corrected chi connectivity index (χ2v) is 7.14. The Morgan fingerprint density at radius 1 is 1.29 bits per heavy atom. The van der Waals surface area contributed by atoms with Crippen LogP contribution < -0.4 is 4.74 Å². The molecule has 0 aliphatic carbocycles. The van der Waals surface area contributed by atoms with Gasteiger partial charge in [-0.3, -0.25) is 4.79 Å². The van der Waals surface area contributed by atoms with Gasteiger partial charge in [-0.2, -0.15) is 5.26 Å². The van der Waals surface area contributed by atoms with Crippen molar-refractivity contribution in [1.29, 1.82) is 5.26 Å². The van der Waals surface area contributed by atoms with Crippen LogP contribution in [0.3, 0.4) is 0 Å². The average molecular weight is 376 g/mol. The molecule has 28 heavy (non-hydrogen) atoms. The summed E-state index contributed by atoms with van der Waals surface area (Å²) in [5, 5.41) is 18.0. The maximum absolute atomic E-state index is 11.2. The van der Waals surface area contributed by atoms with Crippen molar-refractivity contribution in [2.24, 2.45) is 5.41 Å². The van der Waals surface area contributed by atoms with Gasteiger partial charge in [-0.25, -0.2) is 9.97 Å². The molecular weight excluding hydrogens is 356 g/mol. The molecule has 0 fully saturated rings. The van der Waals surface area contributed by atoms with Crippen LogP contribution in [0.5, 0.6) is 5.88 Å². The molecule has 0 saturated carbocycles. The SMILES string of the molecule is Cc1cc(OCC(C)(C)C(=O)O)ncc1-c1ccc(-c2nc(C#N)c[nH]2)cc1. The average Bonchev–Trinajstić information content (AvgIpc) is 3.16. The van der Waals surface area contributed by atoms with Crippen molar-refractivity contribution in [3.05, 3.63) is 54.0 Å². The Bertz CT molecular complexity index is 1050. The molecule has 2 heterocycles. The van der Waals surface area contributed by atoms with E-state index in [2.05, 4.69) is 15.0 Å². The van der Waals surface area contributed by atoms with Gasteiger partial charge in [0.15, 0.2) is 5.69 Å². The number of carboxylic acid groups (broad SMARTS) is 1. The number of imidazole rings is 1. The molecule has 3 rings (SSSR count). The fraction of sp³-hybridized carbons (Fsp3) is 0.238. The Morgan fingerprint density at radius 2 is 1.96 bits per heavy atom. The summed E-state index contributed by atoms with van der Waals surface area (Å²) in [6, 6.07) is 11.6. The van der Waals surface area contributed by atoms with Gasteiger partial charge < -0.3 is 14.8 Å². The minimum atomic E-state index is -0.985. The van der Waals surface area contributed by atoms with Crippen molar-refractivity contribution in [3.63, 3.8) is 0 Å². The van der Waals surface area contributed by atoms with Gasteiger partial charge in [-0.15, -0.1) is 0 Å². The Hall–Kier alpha value is -3.66. The molecule has 0 spiro atoms. The molecule has 0 aliphatic heterocycles. The third-order valence-electron chi connectivity index (χ3n) is 4.41. The molecule has 0 bridgehead atoms. The van der Waals surface area contributed by atoms with Gasteiger partial charge in [0.1, 0.15) is 18.5 Å². The largest absolute Gasteiger partial charge is 0.481 e. The molecule has 0 saturated heterocycles. The molecular formula is C21H20N4O3. The summed E-state index contributed by atoms with van der Waals surface area (Å²) < 4.78 is 5.56. The Kier molecular flexibility index (Phi) is 5.14. The molecule has 1 aromatic carbocycles. The number of pyridine rings is 1. The molecule has 7 nitrogen and oxygen atoms in total. The summed E-state index contributed by atoms with van der Waals surface area (Å²) in [6.45, 7) is 5.20. The van der Waals surface area contributed by atoms with Gasteiger partial charge >= 0.3 is 5.97 Å². The zero-order valence-corrected chi connectivity index (χ0v) is 15.9. The van der Waals surface area contributed by atoms with Gasteiger partial charge in [0.05, 0.1) is 5.41 Å². The normalized spacial score (nSPS) is 11.1. The second kappa shape index (κ2) is 7.53. The van der Waals surface area contributed by atoms with Crippen LogP contribution in [0.15, 0.2) is 42.7 Å². The standard InChI is InChI=1S/C21H20N4O3/c1-13-8-18(28-12-21(2,3)20(26)27)23-11-17(13)14-4-6-15(7-5-14)19-24-10-16(9-22)25-19/h4-8,10-11H,12H2,1-3H3,(H,24,25)(H,26,27). The van der Waals surface area contributed by atoms with Crippen molar-refractivity contribution >= 4 is 5.97 Å². The van der Waals surface area contributed by atoms with E-state index in [1.165, 1.54) is 0 Å². The van der Waals surface area contributed by atoms with Crippen LogP contribution in [-0.2, 0) is 4.79 Å². The molecule has 3 aromatic rings. The van der Waals surface area contributed by atoms with Gasteiger partial charge in [0.2, 0.25) is 5.88 Å². The number of aromatic amines is 1. The Morgan fingerprint density at radius 3 is 2.54 bits per heavy atom. The summed E-state index contributed by atoms with van der Waals surface area (Å²) in [6.07, 6.45) is 3.29. The first kappa shape index (κ1) is 19.1. The molecule has 0 radical (unpaired) electrons. The van der Waals surface area contributed by atoms with Gasteiger partial charge in [-0.05, 0) is 31.9 Å². The van der Waals surface area contributed by atoms with Gasteiger partial charge in [-0.1, -0.05) is 24.3 Å². The molecule has 142 valence electrons. The molecule has 0 atom stereocenters. The fourth-order valence-corrected chi connectivity index (χ4v) is 2.56. The number of carboxylic acids is 1. The van der Waals surface area contributed by atoms with Crippen LogP contribution in [0.25, 0.3) is 22.5 Å². The second-order valence-electron chi connectivity index (χ2n) is 7.14. The zero-order valence-electron chi connectivity index (χ0n) is 15.9. The number of nitriles is 1. The highest BCUT2D eigenvalue weighted by Gasteiger charge is 2.28. The van der Waals surface area contributed by atoms with Crippen molar-refractivity contribution in [2.45, 2.75) is 20.8 Å². The lowest BCUT2D eigenvalue weighted by Gasteiger charge is -2.19. The lowest BCUT2D eigenvalue weighted by Crippen LogP contribution is -2.30. The van der Waals surface area contributed by atoms with E-state index >= 15 is 0 Å². The first-order valence-corrected chi connectivity index (χ1v) is 8.69. The number of aliphatic carboxylic acids is 1. The van der Waals surface area contributed by atoms with E-state index in [1.807, 2.05) is 37.3 Å². The Labute approximate surface area is 162 Å². The monoisotopic (exact) mass is 376 g/mol. The topological polar surface area (TPSA) is 112 Å². The van der Waals surface area contributed by atoms with Crippen molar-refractivity contribution in [1.82, 2.24) is 15.0 Å². The third-order valence-corrected chi connectivity index (χ3v) is 4.41. The molecule has 0 amide bonds. The Balaban J connectivity index is 1.77. The third kappa shape index (κ3) is 4.01. The van der Waals surface area contributed by atoms with Crippen LogP contribution in [-0.4, -0.2) is 32.6 Å². The van der Waals surface area contributed by atoms with Crippen molar-refractivity contribution < 1.29 is 14.6 Å². The van der Waals surface area contributed by atoms with E-state index in [1.54, 1.807) is 32.3 Å². The van der Waals surface area contributed by atoms with Crippen LogP contribution in [0, 0.1) is 23.7 Å². The number of rotatable bonds is 6. The maximum atomic E-state index is 11.2. The van der Waals surface area contributed by atoms with E-state index < -0.39 is 11.4 Å². The number of hydrogen-bond donors (Lipinski definition) is 2. The van der Waals surface area contributed by atoms with Gasteiger partial charge in [0.25, 0.3) is 0 Å². The highest BCUT2D eigenvalue weighted by Crippen LogP contribution is 2.28. The highest BCUT2D eigenvalue weighted by molar-refractivity contribution is 5.74. The lowest BCUT2D eigenvalue weighted by molar-refractivity contribution is -0.148. The lowest BCUT2D eigenvalue weighted by atomic mass is 9.95.